The lowest BCUT2D eigenvalue weighted by Gasteiger charge is -2.12. The van der Waals surface area contributed by atoms with Crippen molar-refractivity contribution >= 4 is 22.8 Å². The summed E-state index contributed by atoms with van der Waals surface area (Å²) >= 11 is 1.43. The average Bonchev–Trinajstić information content (AvgIpc) is 3.51. The Bertz CT molecular complexity index is 1260. The minimum atomic E-state index is -0.230. The van der Waals surface area contributed by atoms with E-state index in [1.165, 1.54) is 17.8 Å². The Labute approximate surface area is 172 Å². The van der Waals surface area contributed by atoms with Crippen LogP contribution in [0.4, 0.5) is 4.39 Å². The number of benzene rings is 2. The molecule has 4 nitrogen and oxygen atoms in total. The van der Waals surface area contributed by atoms with E-state index in [2.05, 4.69) is 0 Å². The molecule has 146 valence electrons. The van der Waals surface area contributed by atoms with E-state index in [1.54, 1.807) is 12.1 Å². The molecule has 0 atom stereocenters. The first-order chi connectivity index (χ1) is 14.1. The van der Waals surface area contributed by atoms with Crippen LogP contribution in [-0.4, -0.2) is 14.1 Å². The Balaban J connectivity index is 1.65. The molecule has 1 saturated carbocycles. The zero-order chi connectivity index (χ0) is 20.0. The number of halogens is 1. The zero-order valence-electron chi connectivity index (χ0n) is 16.0. The molecule has 0 aliphatic heterocycles. The lowest BCUT2D eigenvalue weighted by molar-refractivity contribution is 0.611. The van der Waals surface area contributed by atoms with Crippen LogP contribution in [0.1, 0.15) is 24.4 Å². The third kappa shape index (κ3) is 3.27. The molecule has 1 aliphatic carbocycles. The lowest BCUT2D eigenvalue weighted by atomic mass is 10.1. The third-order valence-electron chi connectivity index (χ3n) is 5.30. The van der Waals surface area contributed by atoms with Crippen LogP contribution in [-0.2, 0) is 12.8 Å². The molecule has 0 radical (unpaired) electrons. The molecule has 2 aromatic carbocycles. The molecule has 29 heavy (non-hydrogen) atoms. The van der Waals surface area contributed by atoms with Gasteiger partial charge < -0.3 is 4.57 Å². The molecule has 2 heterocycles. The van der Waals surface area contributed by atoms with Crippen molar-refractivity contribution in [1.82, 2.24) is 14.1 Å². The molecule has 0 saturated heterocycles. The lowest BCUT2D eigenvalue weighted by Crippen LogP contribution is -2.23. The first-order valence-electron chi connectivity index (χ1n) is 9.66. The normalized spacial score (nSPS) is 13.9. The van der Waals surface area contributed by atoms with Crippen LogP contribution in [0.25, 0.3) is 22.2 Å². The standard InChI is InChI=1S/C23H20FN3OS/c1-26-13-18(15-7-3-2-4-8-15)20-21(26)22(28)27(17-11-12-17)23(25-20)29-14-16-9-5-6-10-19(16)24/h2-10,13,17H,11-12,14H2,1H3. The number of rotatable bonds is 5. The monoisotopic (exact) mass is 405 g/mol. The van der Waals surface area contributed by atoms with E-state index >= 15 is 0 Å². The highest BCUT2D eigenvalue weighted by Gasteiger charge is 2.30. The molecule has 5 rings (SSSR count). The first-order valence-corrected chi connectivity index (χ1v) is 10.6. The average molecular weight is 405 g/mol. The smallest absolute Gasteiger partial charge is 0.278 e. The van der Waals surface area contributed by atoms with Crippen LogP contribution in [0.2, 0.25) is 0 Å². The predicted octanol–water partition coefficient (Wildman–Crippen LogP) is 5.17. The number of aryl methyl sites for hydroxylation is 1. The number of nitrogens with zero attached hydrogens (tertiary/aromatic N) is 3. The molecule has 4 aromatic rings. The summed E-state index contributed by atoms with van der Waals surface area (Å²) in [4.78, 5) is 18.3. The molecule has 2 aromatic heterocycles. The van der Waals surface area contributed by atoms with Crippen molar-refractivity contribution < 1.29 is 4.39 Å². The van der Waals surface area contributed by atoms with Gasteiger partial charge in [-0.15, -0.1) is 0 Å². The molecule has 1 fully saturated rings. The second-order valence-corrected chi connectivity index (χ2v) is 8.34. The molecule has 1 aliphatic rings. The number of thioether (sulfide) groups is 1. The van der Waals surface area contributed by atoms with Gasteiger partial charge in [-0.25, -0.2) is 9.37 Å². The summed E-state index contributed by atoms with van der Waals surface area (Å²) in [6, 6.07) is 16.9. The van der Waals surface area contributed by atoms with Crippen LogP contribution < -0.4 is 5.56 Å². The van der Waals surface area contributed by atoms with Gasteiger partial charge in [0.15, 0.2) is 5.16 Å². The molecule has 6 heteroatoms. The van der Waals surface area contributed by atoms with Gasteiger partial charge in [0.1, 0.15) is 16.9 Å². The van der Waals surface area contributed by atoms with Crippen molar-refractivity contribution in [3.8, 4) is 11.1 Å². The van der Waals surface area contributed by atoms with Gasteiger partial charge in [-0.3, -0.25) is 9.36 Å². The molecule has 0 bridgehead atoms. The summed E-state index contributed by atoms with van der Waals surface area (Å²) < 4.78 is 17.8. The van der Waals surface area contributed by atoms with Gasteiger partial charge in [-0.05, 0) is 30.0 Å². The van der Waals surface area contributed by atoms with Crippen molar-refractivity contribution in [2.75, 3.05) is 0 Å². The van der Waals surface area contributed by atoms with Gasteiger partial charge in [0.2, 0.25) is 0 Å². The van der Waals surface area contributed by atoms with Crippen LogP contribution in [0.15, 0.2) is 70.7 Å². The molecule has 0 amide bonds. The van der Waals surface area contributed by atoms with Crippen LogP contribution in [0.3, 0.4) is 0 Å². The highest BCUT2D eigenvalue weighted by molar-refractivity contribution is 7.98. The fraction of sp³-hybridized carbons (Fsp3) is 0.217. The molecule has 0 N–H and O–H groups in total. The van der Waals surface area contributed by atoms with Gasteiger partial charge >= 0.3 is 0 Å². The van der Waals surface area contributed by atoms with Crippen LogP contribution >= 0.6 is 11.8 Å². The molecule has 0 unspecified atom stereocenters. The second-order valence-electron chi connectivity index (χ2n) is 7.40. The highest BCUT2D eigenvalue weighted by Crippen LogP contribution is 2.38. The number of hydrogen-bond donors (Lipinski definition) is 0. The largest absolute Gasteiger partial charge is 0.344 e. The Hall–Kier alpha value is -2.86. The fourth-order valence-corrected chi connectivity index (χ4v) is 4.72. The zero-order valence-corrected chi connectivity index (χ0v) is 16.8. The Morgan fingerprint density at radius 1 is 1.10 bits per heavy atom. The summed E-state index contributed by atoms with van der Waals surface area (Å²) in [7, 11) is 1.89. The maximum atomic E-state index is 14.1. The van der Waals surface area contributed by atoms with E-state index in [9.17, 15) is 9.18 Å². The van der Waals surface area contributed by atoms with Crippen molar-refractivity contribution in [3.05, 3.63) is 82.5 Å². The second kappa shape index (κ2) is 7.19. The van der Waals surface area contributed by atoms with Crippen molar-refractivity contribution in [2.45, 2.75) is 29.8 Å². The summed E-state index contributed by atoms with van der Waals surface area (Å²) in [5.41, 5.74) is 3.89. The number of hydrogen-bond acceptors (Lipinski definition) is 3. The van der Waals surface area contributed by atoms with E-state index in [0.29, 0.717) is 27.5 Å². The maximum absolute atomic E-state index is 14.1. The van der Waals surface area contributed by atoms with E-state index in [-0.39, 0.29) is 17.4 Å². The number of fused-ring (bicyclic) bond motifs is 1. The Kier molecular flexibility index (Phi) is 4.51. The Morgan fingerprint density at radius 2 is 1.83 bits per heavy atom. The predicted molar refractivity (Wildman–Crippen MR) is 115 cm³/mol. The molecular formula is C23H20FN3OS. The number of aromatic nitrogens is 3. The van der Waals surface area contributed by atoms with Crippen molar-refractivity contribution in [2.24, 2.45) is 7.05 Å². The fourth-order valence-electron chi connectivity index (χ4n) is 3.67. The maximum Gasteiger partial charge on any atom is 0.278 e. The summed E-state index contributed by atoms with van der Waals surface area (Å²) in [6.07, 6.45) is 3.93. The molecular weight excluding hydrogens is 385 g/mol. The third-order valence-corrected chi connectivity index (χ3v) is 6.30. The van der Waals surface area contributed by atoms with Crippen molar-refractivity contribution in [3.63, 3.8) is 0 Å². The topological polar surface area (TPSA) is 39.8 Å². The quantitative estimate of drug-likeness (QED) is 0.340. The van der Waals surface area contributed by atoms with Gasteiger partial charge in [-0.2, -0.15) is 0 Å². The molecule has 0 spiro atoms. The van der Waals surface area contributed by atoms with E-state index in [4.69, 9.17) is 4.98 Å². The van der Waals surface area contributed by atoms with E-state index in [1.807, 2.05) is 58.8 Å². The first kappa shape index (κ1) is 18.2. The van der Waals surface area contributed by atoms with Gasteiger partial charge in [-0.1, -0.05) is 60.3 Å². The summed E-state index contributed by atoms with van der Waals surface area (Å²) in [5.74, 6) is 0.205. The van der Waals surface area contributed by atoms with Crippen LogP contribution in [0, 0.1) is 5.82 Å². The van der Waals surface area contributed by atoms with Gasteiger partial charge in [0.25, 0.3) is 5.56 Å². The highest BCUT2D eigenvalue weighted by atomic mass is 32.2. The Morgan fingerprint density at radius 3 is 2.55 bits per heavy atom. The minimum absolute atomic E-state index is 0.0155. The summed E-state index contributed by atoms with van der Waals surface area (Å²) in [5, 5.41) is 0.664. The van der Waals surface area contributed by atoms with Crippen LogP contribution in [0.5, 0.6) is 0 Å². The van der Waals surface area contributed by atoms with Crippen molar-refractivity contribution in [1.29, 1.82) is 0 Å². The summed E-state index contributed by atoms with van der Waals surface area (Å²) in [6.45, 7) is 0. The van der Waals surface area contributed by atoms with E-state index in [0.717, 1.165) is 24.0 Å². The van der Waals surface area contributed by atoms with E-state index < -0.39 is 0 Å². The SMILES string of the molecule is Cn1cc(-c2ccccc2)c2nc(SCc3ccccc3F)n(C3CC3)c(=O)c21. The van der Waals surface area contributed by atoms with Gasteiger partial charge in [0, 0.05) is 30.6 Å². The van der Waals surface area contributed by atoms with Gasteiger partial charge in [0.05, 0.1) is 0 Å². The minimum Gasteiger partial charge on any atom is -0.344 e.